The van der Waals surface area contributed by atoms with Crippen molar-refractivity contribution in [3.8, 4) is 0 Å². The summed E-state index contributed by atoms with van der Waals surface area (Å²) in [6.45, 7) is 2.31. The Hall–Kier alpha value is -0.340. The molecule has 0 bridgehead atoms. The second-order valence-electron chi connectivity index (χ2n) is 4.83. The molecular formula is C12H22N2. The molecule has 3 N–H and O–H groups in total. The third-order valence-electron chi connectivity index (χ3n) is 3.27. The van der Waals surface area contributed by atoms with Crippen molar-refractivity contribution in [2.24, 2.45) is 17.6 Å². The second kappa shape index (κ2) is 4.94. The highest BCUT2D eigenvalue weighted by Gasteiger charge is 2.20. The fraction of sp³-hybridized carbons (Fsp3) is 0.833. The van der Waals surface area contributed by atoms with Crippen LogP contribution >= 0.6 is 0 Å². The summed E-state index contributed by atoms with van der Waals surface area (Å²) < 4.78 is 0. The molecule has 0 radical (unpaired) electrons. The van der Waals surface area contributed by atoms with Crippen LogP contribution in [0.3, 0.4) is 0 Å². The Morgan fingerprint density at radius 1 is 1.29 bits per heavy atom. The molecule has 2 aliphatic carbocycles. The summed E-state index contributed by atoms with van der Waals surface area (Å²) in [5.41, 5.74) is 5.79. The maximum absolute atomic E-state index is 5.79. The molecule has 2 heteroatoms. The Kier molecular flexibility index (Phi) is 3.60. The van der Waals surface area contributed by atoms with E-state index in [2.05, 4.69) is 17.5 Å². The van der Waals surface area contributed by atoms with Gasteiger partial charge in [0.15, 0.2) is 0 Å². The zero-order valence-electron chi connectivity index (χ0n) is 8.91. The third kappa shape index (κ3) is 3.43. The first-order valence-corrected chi connectivity index (χ1v) is 5.99. The van der Waals surface area contributed by atoms with Crippen LogP contribution in [0.5, 0.6) is 0 Å². The molecule has 0 aromatic heterocycles. The van der Waals surface area contributed by atoms with Crippen molar-refractivity contribution in [3.05, 3.63) is 12.2 Å². The number of hydrogen-bond donors (Lipinski definition) is 2. The van der Waals surface area contributed by atoms with Crippen LogP contribution in [0.4, 0.5) is 0 Å². The van der Waals surface area contributed by atoms with Gasteiger partial charge in [-0.05, 0) is 37.6 Å². The van der Waals surface area contributed by atoms with E-state index < -0.39 is 0 Å². The summed E-state index contributed by atoms with van der Waals surface area (Å²) in [4.78, 5) is 0. The van der Waals surface area contributed by atoms with Gasteiger partial charge < -0.3 is 11.1 Å². The normalized spacial score (nSPS) is 31.2. The summed E-state index contributed by atoms with van der Waals surface area (Å²) in [6.07, 6.45) is 11.3. The molecule has 1 fully saturated rings. The molecule has 2 unspecified atom stereocenters. The Morgan fingerprint density at radius 2 is 2.14 bits per heavy atom. The van der Waals surface area contributed by atoms with E-state index in [0.717, 1.165) is 18.9 Å². The van der Waals surface area contributed by atoms with Gasteiger partial charge in [0.2, 0.25) is 0 Å². The first-order chi connectivity index (χ1) is 6.84. The second-order valence-corrected chi connectivity index (χ2v) is 4.83. The van der Waals surface area contributed by atoms with Crippen LogP contribution in [0.2, 0.25) is 0 Å². The lowest BCUT2D eigenvalue weighted by atomic mass is 10.1. The fourth-order valence-electron chi connectivity index (χ4n) is 2.17. The molecule has 0 amide bonds. The van der Waals surface area contributed by atoms with E-state index in [1.165, 1.54) is 32.2 Å². The minimum absolute atomic E-state index is 0.313. The molecule has 0 heterocycles. The van der Waals surface area contributed by atoms with Crippen molar-refractivity contribution >= 4 is 0 Å². The fourth-order valence-corrected chi connectivity index (χ4v) is 2.17. The molecule has 0 aromatic carbocycles. The van der Waals surface area contributed by atoms with Gasteiger partial charge in [-0.2, -0.15) is 0 Å². The molecule has 1 saturated carbocycles. The van der Waals surface area contributed by atoms with E-state index in [4.69, 9.17) is 5.73 Å². The average molecular weight is 194 g/mol. The molecule has 0 spiro atoms. The third-order valence-corrected chi connectivity index (χ3v) is 3.27. The van der Waals surface area contributed by atoms with Crippen LogP contribution in [-0.2, 0) is 0 Å². The summed E-state index contributed by atoms with van der Waals surface area (Å²) in [5.74, 6) is 1.77. The standard InChI is InChI=1S/C12H22N2/c13-12-6-5-11(8-12)9-14-7-1-2-10-3-4-10/h5-6,10-12,14H,1-4,7-9,13H2. The van der Waals surface area contributed by atoms with Crippen LogP contribution in [0.25, 0.3) is 0 Å². The summed E-state index contributed by atoms with van der Waals surface area (Å²) in [5, 5.41) is 3.52. The van der Waals surface area contributed by atoms with Crippen LogP contribution in [0.15, 0.2) is 12.2 Å². The molecule has 0 saturated heterocycles. The van der Waals surface area contributed by atoms with Crippen molar-refractivity contribution in [1.82, 2.24) is 5.32 Å². The van der Waals surface area contributed by atoms with Crippen LogP contribution in [0.1, 0.15) is 32.1 Å². The zero-order chi connectivity index (χ0) is 9.80. The van der Waals surface area contributed by atoms with E-state index in [1.54, 1.807) is 0 Å². The molecule has 80 valence electrons. The molecule has 0 aliphatic heterocycles. The predicted molar refractivity (Wildman–Crippen MR) is 60.1 cm³/mol. The molecule has 2 rings (SSSR count). The summed E-state index contributed by atoms with van der Waals surface area (Å²) in [7, 11) is 0. The van der Waals surface area contributed by atoms with Gasteiger partial charge in [0, 0.05) is 12.6 Å². The summed E-state index contributed by atoms with van der Waals surface area (Å²) in [6, 6.07) is 0.313. The number of hydrogen-bond acceptors (Lipinski definition) is 2. The lowest BCUT2D eigenvalue weighted by molar-refractivity contribution is 0.511. The highest BCUT2D eigenvalue weighted by atomic mass is 14.9. The highest BCUT2D eigenvalue weighted by Crippen LogP contribution is 2.33. The Bertz CT molecular complexity index is 196. The van der Waals surface area contributed by atoms with Gasteiger partial charge in [-0.15, -0.1) is 0 Å². The maximum atomic E-state index is 5.79. The molecule has 2 atom stereocenters. The largest absolute Gasteiger partial charge is 0.324 e. The van der Waals surface area contributed by atoms with Crippen molar-refractivity contribution in [3.63, 3.8) is 0 Å². The number of nitrogens with one attached hydrogen (secondary N) is 1. The minimum atomic E-state index is 0.313. The minimum Gasteiger partial charge on any atom is -0.324 e. The van der Waals surface area contributed by atoms with Crippen molar-refractivity contribution in [1.29, 1.82) is 0 Å². The van der Waals surface area contributed by atoms with E-state index >= 15 is 0 Å². The van der Waals surface area contributed by atoms with Crippen LogP contribution in [0, 0.1) is 11.8 Å². The van der Waals surface area contributed by atoms with Crippen molar-refractivity contribution in [2.75, 3.05) is 13.1 Å². The van der Waals surface area contributed by atoms with Crippen LogP contribution < -0.4 is 11.1 Å². The van der Waals surface area contributed by atoms with E-state index in [9.17, 15) is 0 Å². The van der Waals surface area contributed by atoms with Crippen LogP contribution in [-0.4, -0.2) is 19.1 Å². The smallest absolute Gasteiger partial charge is 0.0229 e. The topological polar surface area (TPSA) is 38.0 Å². The van der Waals surface area contributed by atoms with Gasteiger partial charge in [-0.1, -0.05) is 25.0 Å². The maximum Gasteiger partial charge on any atom is 0.0229 e. The Labute approximate surface area is 86.9 Å². The van der Waals surface area contributed by atoms with Crippen molar-refractivity contribution < 1.29 is 0 Å². The number of nitrogens with two attached hydrogens (primary N) is 1. The molecule has 0 aromatic rings. The van der Waals surface area contributed by atoms with Gasteiger partial charge in [-0.25, -0.2) is 0 Å². The molecular weight excluding hydrogens is 172 g/mol. The van der Waals surface area contributed by atoms with Gasteiger partial charge in [0.05, 0.1) is 0 Å². The zero-order valence-corrected chi connectivity index (χ0v) is 8.91. The number of rotatable bonds is 6. The quantitative estimate of drug-likeness (QED) is 0.498. The average Bonchev–Trinajstić information content (AvgIpc) is 2.89. The van der Waals surface area contributed by atoms with E-state index in [-0.39, 0.29) is 0 Å². The van der Waals surface area contributed by atoms with Crippen molar-refractivity contribution in [2.45, 2.75) is 38.1 Å². The predicted octanol–water partition coefficient (Wildman–Crippen LogP) is 1.67. The summed E-state index contributed by atoms with van der Waals surface area (Å²) >= 11 is 0. The van der Waals surface area contributed by atoms with Gasteiger partial charge >= 0.3 is 0 Å². The lowest BCUT2D eigenvalue weighted by Gasteiger charge is -2.10. The lowest BCUT2D eigenvalue weighted by Crippen LogP contribution is -2.24. The molecule has 2 aliphatic rings. The van der Waals surface area contributed by atoms with E-state index in [0.29, 0.717) is 12.0 Å². The molecule has 14 heavy (non-hydrogen) atoms. The first-order valence-electron chi connectivity index (χ1n) is 5.99. The Morgan fingerprint density at radius 3 is 2.79 bits per heavy atom. The highest BCUT2D eigenvalue weighted by molar-refractivity contribution is 5.04. The monoisotopic (exact) mass is 194 g/mol. The Balaban J connectivity index is 1.44. The van der Waals surface area contributed by atoms with Gasteiger partial charge in [0.1, 0.15) is 0 Å². The first kappa shape index (κ1) is 10.2. The van der Waals surface area contributed by atoms with Gasteiger partial charge in [0.25, 0.3) is 0 Å². The molecule has 2 nitrogen and oxygen atoms in total. The van der Waals surface area contributed by atoms with E-state index in [1.807, 2.05) is 0 Å². The van der Waals surface area contributed by atoms with Gasteiger partial charge in [-0.3, -0.25) is 0 Å². The SMILES string of the molecule is NC1C=CC(CNCCCC2CC2)C1.